The minimum Gasteiger partial charge on any atom is -0.497 e. The average molecular weight is 309 g/mol. The van der Waals surface area contributed by atoms with Gasteiger partial charge in [0.25, 0.3) is 0 Å². The quantitative estimate of drug-likeness (QED) is 0.799. The van der Waals surface area contributed by atoms with Crippen LogP contribution in [0.25, 0.3) is 0 Å². The maximum Gasteiger partial charge on any atom is 0.126 e. The highest BCUT2D eigenvalue weighted by Crippen LogP contribution is 2.27. The van der Waals surface area contributed by atoms with E-state index >= 15 is 0 Å². The Balaban J connectivity index is 2.03. The predicted molar refractivity (Wildman–Crippen MR) is 86.0 cm³/mol. The molecule has 1 aromatic heterocycles. The van der Waals surface area contributed by atoms with Crippen molar-refractivity contribution < 1.29 is 4.74 Å². The summed E-state index contributed by atoms with van der Waals surface area (Å²) in [6, 6.07) is 11.7. The van der Waals surface area contributed by atoms with Gasteiger partial charge in [-0.3, -0.25) is 0 Å². The molecule has 0 aliphatic carbocycles. The van der Waals surface area contributed by atoms with Crippen molar-refractivity contribution in [1.29, 1.82) is 0 Å². The van der Waals surface area contributed by atoms with Gasteiger partial charge in [-0.2, -0.15) is 0 Å². The Kier molecular flexibility index (Phi) is 5.56. The Bertz CT molecular complexity index is 560. The van der Waals surface area contributed by atoms with Crippen LogP contribution in [0.2, 0.25) is 5.02 Å². The van der Waals surface area contributed by atoms with E-state index in [1.807, 2.05) is 43.3 Å². The lowest BCUT2D eigenvalue weighted by molar-refractivity contribution is 0.414. The summed E-state index contributed by atoms with van der Waals surface area (Å²) in [5, 5.41) is 3.89. The summed E-state index contributed by atoms with van der Waals surface area (Å²) in [5.74, 6) is 2.46. The van der Waals surface area contributed by atoms with Crippen molar-refractivity contribution in [2.75, 3.05) is 19.0 Å². The van der Waals surface area contributed by atoms with E-state index < -0.39 is 0 Å². The minimum atomic E-state index is 0.702. The fraction of sp³-hybridized carbons (Fsp3) is 0.267. The number of anilines is 1. The van der Waals surface area contributed by atoms with Gasteiger partial charge in [-0.1, -0.05) is 11.6 Å². The highest BCUT2D eigenvalue weighted by molar-refractivity contribution is 7.98. The Hall–Kier alpha value is -1.39. The first-order chi connectivity index (χ1) is 9.72. The zero-order valence-corrected chi connectivity index (χ0v) is 13.1. The van der Waals surface area contributed by atoms with Gasteiger partial charge in [-0.05, 0) is 43.3 Å². The molecule has 0 bridgehead atoms. The van der Waals surface area contributed by atoms with Crippen LogP contribution >= 0.6 is 23.4 Å². The number of methoxy groups -OCH3 is 1. The number of halogens is 1. The van der Waals surface area contributed by atoms with Gasteiger partial charge in [0.15, 0.2) is 0 Å². The van der Waals surface area contributed by atoms with Gasteiger partial charge in [0.2, 0.25) is 0 Å². The number of aromatic nitrogens is 1. The van der Waals surface area contributed by atoms with Crippen molar-refractivity contribution >= 4 is 29.2 Å². The molecule has 3 nitrogen and oxygen atoms in total. The second-order valence-electron chi connectivity index (χ2n) is 4.12. The number of thioether (sulfide) groups is 1. The molecule has 20 heavy (non-hydrogen) atoms. The highest BCUT2D eigenvalue weighted by Gasteiger charge is 2.05. The number of ether oxygens (including phenoxy) is 1. The van der Waals surface area contributed by atoms with Crippen molar-refractivity contribution in [3.8, 4) is 5.75 Å². The van der Waals surface area contributed by atoms with Crippen LogP contribution in [-0.4, -0.2) is 18.6 Å². The summed E-state index contributed by atoms with van der Waals surface area (Å²) in [5.41, 5.74) is 0.894. The maximum atomic E-state index is 6.19. The second-order valence-corrected chi connectivity index (χ2v) is 5.58. The van der Waals surface area contributed by atoms with Gasteiger partial charge in [-0.25, -0.2) is 4.98 Å². The number of pyridine rings is 1. The minimum absolute atomic E-state index is 0.702. The molecule has 106 valence electrons. The van der Waals surface area contributed by atoms with Crippen LogP contribution in [0.4, 0.5) is 5.82 Å². The van der Waals surface area contributed by atoms with E-state index in [4.69, 9.17) is 16.3 Å². The molecule has 0 aliphatic rings. The lowest BCUT2D eigenvalue weighted by atomic mass is 10.3. The second kappa shape index (κ2) is 7.41. The fourth-order valence-electron chi connectivity index (χ4n) is 1.69. The zero-order valence-electron chi connectivity index (χ0n) is 11.5. The molecule has 0 fully saturated rings. The molecule has 0 amide bonds. The molecule has 0 unspecified atom stereocenters. The third kappa shape index (κ3) is 4.05. The zero-order chi connectivity index (χ0) is 14.4. The first kappa shape index (κ1) is 15.0. The average Bonchev–Trinajstić information content (AvgIpc) is 2.48. The molecule has 0 atom stereocenters. The van der Waals surface area contributed by atoms with Gasteiger partial charge >= 0.3 is 0 Å². The van der Waals surface area contributed by atoms with E-state index in [2.05, 4.69) is 10.3 Å². The Morgan fingerprint density at radius 1 is 1.20 bits per heavy atom. The summed E-state index contributed by atoms with van der Waals surface area (Å²) in [6.45, 7) is 2.89. The summed E-state index contributed by atoms with van der Waals surface area (Å²) in [6.07, 6.45) is 0. The van der Waals surface area contributed by atoms with Crippen LogP contribution in [0.15, 0.2) is 41.3 Å². The fourth-order valence-corrected chi connectivity index (χ4v) is 2.79. The third-order valence-electron chi connectivity index (χ3n) is 2.71. The number of rotatable bonds is 6. The summed E-state index contributed by atoms with van der Waals surface area (Å²) in [4.78, 5) is 5.69. The van der Waals surface area contributed by atoms with E-state index in [0.29, 0.717) is 5.02 Å². The third-order valence-corrected chi connectivity index (χ3v) is 4.08. The van der Waals surface area contributed by atoms with Crippen LogP contribution in [0.3, 0.4) is 0 Å². The van der Waals surface area contributed by atoms with Crippen molar-refractivity contribution in [3.63, 3.8) is 0 Å². The summed E-state index contributed by atoms with van der Waals surface area (Å²) in [7, 11) is 1.66. The first-order valence-corrected chi connectivity index (χ1v) is 7.75. The topological polar surface area (TPSA) is 34.1 Å². The number of hydrogen-bond acceptors (Lipinski definition) is 4. The molecule has 1 heterocycles. The molecule has 1 aromatic carbocycles. The van der Waals surface area contributed by atoms with Crippen molar-refractivity contribution in [2.45, 2.75) is 17.6 Å². The Morgan fingerprint density at radius 3 is 2.60 bits per heavy atom. The lowest BCUT2D eigenvalue weighted by Gasteiger charge is -2.08. The van der Waals surface area contributed by atoms with Crippen LogP contribution in [-0.2, 0) is 5.75 Å². The van der Waals surface area contributed by atoms with E-state index in [1.54, 1.807) is 18.9 Å². The van der Waals surface area contributed by atoms with E-state index in [9.17, 15) is 0 Å². The first-order valence-electron chi connectivity index (χ1n) is 6.39. The number of nitrogens with one attached hydrogen (secondary N) is 1. The largest absolute Gasteiger partial charge is 0.497 e. The lowest BCUT2D eigenvalue weighted by Crippen LogP contribution is -2.01. The van der Waals surface area contributed by atoms with Gasteiger partial charge in [0, 0.05) is 17.2 Å². The summed E-state index contributed by atoms with van der Waals surface area (Å²) >= 11 is 7.89. The standard InChI is InChI=1S/C15H17ClN2OS/c1-3-17-15-9-8-13(16)14(18-15)10-20-12-6-4-11(19-2)5-7-12/h4-9H,3,10H2,1-2H3,(H,17,18). The van der Waals surface area contributed by atoms with E-state index in [1.165, 1.54) is 0 Å². The molecule has 1 N–H and O–H groups in total. The molecule has 0 aliphatic heterocycles. The van der Waals surface area contributed by atoms with E-state index in [0.717, 1.165) is 34.5 Å². The van der Waals surface area contributed by atoms with E-state index in [-0.39, 0.29) is 0 Å². The van der Waals surface area contributed by atoms with Crippen LogP contribution in [0.1, 0.15) is 12.6 Å². The van der Waals surface area contributed by atoms with Gasteiger partial charge < -0.3 is 10.1 Å². The molecule has 0 saturated heterocycles. The van der Waals surface area contributed by atoms with Crippen LogP contribution < -0.4 is 10.1 Å². The SMILES string of the molecule is CCNc1ccc(Cl)c(CSc2ccc(OC)cc2)n1. The maximum absolute atomic E-state index is 6.19. The molecule has 2 aromatic rings. The number of benzene rings is 1. The molecule has 2 rings (SSSR count). The van der Waals surface area contributed by atoms with Crippen LogP contribution in [0, 0.1) is 0 Å². The normalized spacial score (nSPS) is 10.3. The monoisotopic (exact) mass is 308 g/mol. The molecule has 0 saturated carbocycles. The molecule has 0 radical (unpaired) electrons. The van der Waals surface area contributed by atoms with Crippen molar-refractivity contribution in [2.24, 2.45) is 0 Å². The number of nitrogens with zero attached hydrogens (tertiary/aromatic N) is 1. The predicted octanol–water partition coefficient (Wildman–Crippen LogP) is 4.47. The van der Waals surface area contributed by atoms with Gasteiger partial charge in [-0.15, -0.1) is 11.8 Å². The van der Waals surface area contributed by atoms with Gasteiger partial charge in [0.1, 0.15) is 11.6 Å². The van der Waals surface area contributed by atoms with Gasteiger partial charge in [0.05, 0.1) is 17.8 Å². The van der Waals surface area contributed by atoms with Crippen LogP contribution in [0.5, 0.6) is 5.75 Å². The molecule has 5 heteroatoms. The molecular formula is C15H17ClN2OS. The van der Waals surface area contributed by atoms with Crippen molar-refractivity contribution in [1.82, 2.24) is 4.98 Å². The van der Waals surface area contributed by atoms with Crippen molar-refractivity contribution in [3.05, 3.63) is 47.1 Å². The Morgan fingerprint density at radius 2 is 1.95 bits per heavy atom. The molecule has 0 spiro atoms. The molecular weight excluding hydrogens is 292 g/mol. The summed E-state index contributed by atoms with van der Waals surface area (Å²) < 4.78 is 5.14. The highest BCUT2D eigenvalue weighted by atomic mass is 35.5. The Labute approximate surface area is 128 Å². The smallest absolute Gasteiger partial charge is 0.126 e. The number of hydrogen-bond donors (Lipinski definition) is 1.